The summed E-state index contributed by atoms with van der Waals surface area (Å²) in [6.07, 6.45) is 52.7. The van der Waals surface area contributed by atoms with E-state index >= 15 is 0 Å². The number of allylic oxidation sites excluding steroid dienone is 8. The van der Waals surface area contributed by atoms with E-state index in [2.05, 4.69) is 96.8 Å². The molecule has 2 unspecified atom stereocenters. The Hall–Kier alpha value is -1.76. The van der Waals surface area contributed by atoms with E-state index in [0.29, 0.717) is 0 Å². The zero-order chi connectivity index (χ0) is 37.2. The van der Waals surface area contributed by atoms with Crippen molar-refractivity contribution >= 4 is 0 Å². The minimum absolute atomic E-state index is 0.164. The van der Waals surface area contributed by atoms with Crippen LogP contribution in [0.2, 0.25) is 0 Å². The molecule has 0 radical (unpaired) electrons. The van der Waals surface area contributed by atoms with Crippen LogP contribution >= 0.6 is 0 Å². The number of hydrogen-bond donors (Lipinski definition) is 0. The van der Waals surface area contributed by atoms with Crippen molar-refractivity contribution in [3.63, 3.8) is 0 Å². The van der Waals surface area contributed by atoms with Gasteiger partial charge in [-0.05, 0) is 97.6 Å². The van der Waals surface area contributed by atoms with E-state index in [1.165, 1.54) is 141 Å². The maximum Gasteiger partial charge on any atom is 0.168 e. The molecule has 0 bridgehead atoms. The van der Waals surface area contributed by atoms with Gasteiger partial charge in [-0.25, -0.2) is 0 Å². The molecule has 2 rings (SSSR count). The Morgan fingerprint density at radius 3 is 1.56 bits per heavy atom. The fourth-order valence-corrected chi connectivity index (χ4v) is 7.32. The molecule has 0 amide bonds. The molecule has 1 fully saturated rings. The summed E-state index contributed by atoms with van der Waals surface area (Å²) >= 11 is 0. The van der Waals surface area contributed by atoms with Gasteiger partial charge in [-0.2, -0.15) is 5.11 Å². The second-order valence-corrected chi connectivity index (χ2v) is 16.0. The smallest absolute Gasteiger partial charge is 0.168 e. The molecule has 2 aliphatic rings. The molecule has 2 atom stereocenters. The molecule has 2 heterocycles. The van der Waals surface area contributed by atoms with Crippen molar-refractivity contribution < 1.29 is 9.47 Å². The number of unbranched alkanes of at least 4 members (excludes halogenated alkanes) is 18. The SMILES string of the molecule is CCCCC/C=C\C/C=C\CCCCCCCCC1(CCCCCCCC/C=C\C/C=C\CCCCC)OCC(CCN2CC(CN(C)C)N=N2)O1. The summed E-state index contributed by atoms with van der Waals surface area (Å²) in [5, 5.41) is 11.0. The first-order valence-electron chi connectivity index (χ1n) is 22.3. The lowest BCUT2D eigenvalue weighted by molar-refractivity contribution is -0.180. The van der Waals surface area contributed by atoms with Crippen molar-refractivity contribution in [3.05, 3.63) is 48.6 Å². The normalized spacial score (nSPS) is 19.1. The van der Waals surface area contributed by atoms with Gasteiger partial charge in [0.1, 0.15) is 6.04 Å². The minimum atomic E-state index is -0.380. The van der Waals surface area contributed by atoms with Gasteiger partial charge in [0.2, 0.25) is 0 Å². The number of rotatable bonds is 35. The van der Waals surface area contributed by atoms with Crippen LogP contribution in [0.15, 0.2) is 58.9 Å². The zero-order valence-electron chi connectivity index (χ0n) is 34.8. The van der Waals surface area contributed by atoms with Gasteiger partial charge in [0.05, 0.1) is 19.3 Å². The molecule has 0 aromatic carbocycles. The van der Waals surface area contributed by atoms with Crippen molar-refractivity contribution in [3.8, 4) is 0 Å². The molecule has 6 nitrogen and oxygen atoms in total. The largest absolute Gasteiger partial charge is 0.347 e. The second-order valence-electron chi connectivity index (χ2n) is 16.0. The average molecular weight is 725 g/mol. The molecular weight excluding hydrogens is 641 g/mol. The summed E-state index contributed by atoms with van der Waals surface area (Å²) in [5.74, 6) is -0.380. The standard InChI is InChI=1S/C46H84N4O2/c1-5-7-9-11-13-15-17-19-21-23-25-27-29-31-33-35-38-46(51-43-45(52-46)37-40-50-42-44(47-48-50)41-49(3)4)39-36-34-32-30-28-26-24-22-20-18-16-14-12-10-8-6-2/h13-16,19-22,44-45H,5-12,17-18,23-43H2,1-4H3/b15-13-,16-14-,21-19-,22-20-. The lowest BCUT2D eigenvalue weighted by Gasteiger charge is -2.29. The molecule has 300 valence electrons. The van der Waals surface area contributed by atoms with E-state index in [4.69, 9.17) is 9.47 Å². The molecule has 6 heteroatoms. The number of ether oxygens (including phenoxy) is 2. The van der Waals surface area contributed by atoms with Crippen molar-refractivity contribution in [2.24, 2.45) is 10.3 Å². The van der Waals surface area contributed by atoms with E-state index in [1.54, 1.807) is 0 Å². The van der Waals surface area contributed by atoms with Crippen LogP contribution in [0.3, 0.4) is 0 Å². The van der Waals surface area contributed by atoms with Crippen LogP contribution in [0.5, 0.6) is 0 Å². The van der Waals surface area contributed by atoms with Gasteiger partial charge in [-0.15, -0.1) is 0 Å². The van der Waals surface area contributed by atoms with Crippen LogP contribution in [0.1, 0.15) is 187 Å². The third kappa shape index (κ3) is 25.3. The Morgan fingerprint density at radius 1 is 0.615 bits per heavy atom. The second kappa shape index (κ2) is 32.7. The fraction of sp³-hybridized carbons (Fsp3) is 0.826. The van der Waals surface area contributed by atoms with Gasteiger partial charge in [-0.1, -0.05) is 145 Å². The maximum absolute atomic E-state index is 6.79. The average Bonchev–Trinajstić information content (AvgIpc) is 3.76. The quantitative estimate of drug-likeness (QED) is 0.0482. The molecule has 0 saturated carbocycles. The van der Waals surface area contributed by atoms with E-state index in [1.807, 2.05) is 0 Å². The van der Waals surface area contributed by atoms with Gasteiger partial charge in [0.25, 0.3) is 0 Å². The van der Waals surface area contributed by atoms with E-state index in [0.717, 1.165) is 58.3 Å². The molecule has 0 aromatic rings. The first kappa shape index (κ1) is 46.4. The molecular formula is C46H84N4O2. The van der Waals surface area contributed by atoms with Crippen LogP contribution in [-0.4, -0.2) is 68.2 Å². The topological polar surface area (TPSA) is 49.7 Å². The molecule has 0 aromatic heterocycles. The predicted octanol–water partition coefficient (Wildman–Crippen LogP) is 13.5. The lowest BCUT2D eigenvalue weighted by Crippen LogP contribution is -2.33. The first-order chi connectivity index (χ1) is 25.6. The van der Waals surface area contributed by atoms with Gasteiger partial charge in [0, 0.05) is 25.9 Å². The maximum atomic E-state index is 6.79. The monoisotopic (exact) mass is 725 g/mol. The summed E-state index contributed by atoms with van der Waals surface area (Å²) in [7, 11) is 4.21. The molecule has 52 heavy (non-hydrogen) atoms. The molecule has 0 aliphatic carbocycles. The van der Waals surface area contributed by atoms with Crippen molar-refractivity contribution in [2.75, 3.05) is 40.3 Å². The van der Waals surface area contributed by atoms with E-state index < -0.39 is 0 Å². The number of likely N-dealkylation sites (N-methyl/N-ethyl adjacent to an activating group) is 1. The Kier molecular flexibility index (Phi) is 29.1. The van der Waals surface area contributed by atoms with Gasteiger partial charge >= 0.3 is 0 Å². The van der Waals surface area contributed by atoms with E-state index in [-0.39, 0.29) is 17.9 Å². The number of nitrogens with zero attached hydrogens (tertiary/aromatic N) is 4. The van der Waals surface area contributed by atoms with Crippen molar-refractivity contribution in [1.82, 2.24) is 9.91 Å². The van der Waals surface area contributed by atoms with Crippen molar-refractivity contribution in [1.29, 1.82) is 0 Å². The van der Waals surface area contributed by atoms with Gasteiger partial charge in [-0.3, -0.25) is 5.01 Å². The summed E-state index contributed by atoms with van der Waals surface area (Å²) in [4.78, 5) is 2.19. The van der Waals surface area contributed by atoms with Gasteiger partial charge < -0.3 is 14.4 Å². The lowest BCUT2D eigenvalue weighted by atomic mass is 9.98. The van der Waals surface area contributed by atoms with Crippen LogP contribution in [-0.2, 0) is 9.47 Å². The van der Waals surface area contributed by atoms with Crippen molar-refractivity contribution in [2.45, 2.75) is 205 Å². The number of hydrogen-bond acceptors (Lipinski definition) is 6. The summed E-state index contributed by atoms with van der Waals surface area (Å²) in [6, 6.07) is 0.280. The highest BCUT2D eigenvalue weighted by Crippen LogP contribution is 2.36. The van der Waals surface area contributed by atoms with Crippen LogP contribution < -0.4 is 0 Å². The highest BCUT2D eigenvalue weighted by atomic mass is 16.7. The third-order valence-corrected chi connectivity index (χ3v) is 10.5. The molecule has 0 N–H and O–H groups in total. The van der Waals surface area contributed by atoms with Crippen LogP contribution in [0.25, 0.3) is 0 Å². The summed E-state index contributed by atoms with van der Waals surface area (Å²) in [5.41, 5.74) is 0. The molecule has 1 saturated heterocycles. The Bertz CT molecular complexity index is 910. The predicted molar refractivity (Wildman–Crippen MR) is 225 cm³/mol. The summed E-state index contributed by atoms with van der Waals surface area (Å²) in [6.45, 7) is 8.02. The highest BCUT2D eigenvalue weighted by Gasteiger charge is 2.40. The zero-order valence-corrected chi connectivity index (χ0v) is 34.8. The van der Waals surface area contributed by atoms with Crippen LogP contribution in [0, 0.1) is 0 Å². The van der Waals surface area contributed by atoms with Crippen LogP contribution in [0.4, 0.5) is 0 Å². The fourth-order valence-electron chi connectivity index (χ4n) is 7.32. The highest BCUT2D eigenvalue weighted by molar-refractivity contribution is 4.93. The summed E-state index contributed by atoms with van der Waals surface area (Å²) < 4.78 is 13.4. The third-order valence-electron chi connectivity index (χ3n) is 10.5. The Morgan fingerprint density at radius 2 is 1.08 bits per heavy atom. The molecule has 2 aliphatic heterocycles. The van der Waals surface area contributed by atoms with Gasteiger partial charge in [0.15, 0.2) is 5.79 Å². The molecule has 0 spiro atoms. The van der Waals surface area contributed by atoms with E-state index in [9.17, 15) is 0 Å². The minimum Gasteiger partial charge on any atom is -0.347 e. The first-order valence-corrected chi connectivity index (χ1v) is 22.3. The Labute approximate surface area is 323 Å². The Balaban J connectivity index is 1.62.